The minimum atomic E-state index is -0.211. The molecule has 2 aromatic rings. The second kappa shape index (κ2) is 6.90. The quantitative estimate of drug-likeness (QED) is 0.777. The summed E-state index contributed by atoms with van der Waals surface area (Å²) < 4.78 is 16.1. The molecule has 0 amide bonds. The van der Waals surface area contributed by atoms with Crippen molar-refractivity contribution in [2.75, 3.05) is 21.3 Å². The third-order valence-corrected chi connectivity index (χ3v) is 3.99. The Morgan fingerprint density at radius 3 is 2.62 bits per heavy atom. The Morgan fingerprint density at radius 2 is 2.00 bits per heavy atom. The largest absolute Gasteiger partial charge is 0.497 e. The van der Waals surface area contributed by atoms with Gasteiger partial charge >= 0.3 is 0 Å². The van der Waals surface area contributed by atoms with Gasteiger partial charge < -0.3 is 19.2 Å². The lowest BCUT2D eigenvalue weighted by atomic mass is 10.1. The smallest absolute Gasteiger partial charge is 0.264 e. The van der Waals surface area contributed by atoms with Crippen LogP contribution >= 0.6 is 22.6 Å². The van der Waals surface area contributed by atoms with E-state index >= 15 is 0 Å². The molecule has 0 aliphatic heterocycles. The van der Waals surface area contributed by atoms with Crippen molar-refractivity contribution in [3.8, 4) is 22.9 Å². The minimum absolute atomic E-state index is 0.211. The molecule has 1 aromatic heterocycles. The molecule has 0 spiro atoms. The molecular weight excluding hydrogens is 387 g/mol. The van der Waals surface area contributed by atoms with Crippen LogP contribution in [0.3, 0.4) is 0 Å². The minimum Gasteiger partial charge on any atom is -0.497 e. The van der Waals surface area contributed by atoms with Crippen molar-refractivity contribution in [1.29, 1.82) is 0 Å². The fraction of sp³-hybridized carbons (Fsp3) is 0.286. The van der Waals surface area contributed by atoms with Crippen molar-refractivity contribution in [1.82, 2.24) is 9.97 Å². The first-order chi connectivity index (χ1) is 10.1. The van der Waals surface area contributed by atoms with Gasteiger partial charge in [0.05, 0.1) is 32.1 Å². The molecule has 6 nitrogen and oxygen atoms in total. The molecule has 1 heterocycles. The Labute approximate surface area is 135 Å². The average molecular weight is 402 g/mol. The lowest BCUT2D eigenvalue weighted by molar-refractivity contribution is 0.180. The number of hydrogen-bond donors (Lipinski definition) is 1. The van der Waals surface area contributed by atoms with Crippen LogP contribution in [0.2, 0.25) is 0 Å². The maximum Gasteiger partial charge on any atom is 0.264 e. The standard InChI is InChI=1S/C14H15IN2O4/c1-19-7-10-12(15)14(18)17-13(16-10)9-6-8(20-2)4-5-11(9)21-3/h4-6H,7H2,1-3H3,(H,16,17,18). The predicted molar refractivity (Wildman–Crippen MR) is 86.8 cm³/mol. The Bertz CT molecular complexity index is 700. The molecule has 0 aliphatic carbocycles. The van der Waals surface area contributed by atoms with Crippen LogP contribution in [0.1, 0.15) is 5.69 Å². The van der Waals surface area contributed by atoms with Crippen LogP contribution in [0, 0.1) is 3.57 Å². The van der Waals surface area contributed by atoms with E-state index in [1.165, 1.54) is 0 Å². The van der Waals surface area contributed by atoms with Gasteiger partial charge in [-0.2, -0.15) is 0 Å². The summed E-state index contributed by atoms with van der Waals surface area (Å²) in [6, 6.07) is 5.31. The van der Waals surface area contributed by atoms with Crippen molar-refractivity contribution in [3.63, 3.8) is 0 Å². The summed E-state index contributed by atoms with van der Waals surface area (Å²) in [7, 11) is 4.70. The zero-order valence-corrected chi connectivity index (χ0v) is 14.1. The van der Waals surface area contributed by atoms with E-state index in [1.54, 1.807) is 39.5 Å². The maximum atomic E-state index is 12.0. The van der Waals surface area contributed by atoms with Crippen LogP contribution in [-0.4, -0.2) is 31.3 Å². The van der Waals surface area contributed by atoms with Crippen molar-refractivity contribution < 1.29 is 14.2 Å². The van der Waals surface area contributed by atoms with Crippen LogP contribution in [0.4, 0.5) is 0 Å². The molecular formula is C14H15IN2O4. The predicted octanol–water partition coefficient (Wildman–Crippen LogP) is 2.21. The third kappa shape index (κ3) is 3.35. The van der Waals surface area contributed by atoms with Gasteiger partial charge in [0.25, 0.3) is 5.56 Å². The first kappa shape index (κ1) is 15.8. The highest BCUT2D eigenvalue weighted by Gasteiger charge is 2.14. The molecule has 2 rings (SSSR count). The Hall–Kier alpha value is -1.61. The lowest BCUT2D eigenvalue weighted by Crippen LogP contribution is -2.17. The first-order valence-electron chi connectivity index (χ1n) is 6.10. The van der Waals surface area contributed by atoms with Gasteiger partial charge in [-0.15, -0.1) is 0 Å². The van der Waals surface area contributed by atoms with Gasteiger partial charge in [-0.05, 0) is 40.8 Å². The Morgan fingerprint density at radius 1 is 1.24 bits per heavy atom. The van der Waals surface area contributed by atoms with Gasteiger partial charge in [0.2, 0.25) is 0 Å². The van der Waals surface area contributed by atoms with E-state index in [0.29, 0.717) is 32.2 Å². The van der Waals surface area contributed by atoms with E-state index in [0.717, 1.165) is 0 Å². The topological polar surface area (TPSA) is 73.4 Å². The summed E-state index contributed by atoms with van der Waals surface area (Å²) in [4.78, 5) is 19.2. The molecule has 0 unspecified atom stereocenters. The number of rotatable bonds is 5. The van der Waals surface area contributed by atoms with Crippen LogP contribution < -0.4 is 15.0 Å². The number of nitrogens with one attached hydrogen (secondary N) is 1. The van der Waals surface area contributed by atoms with Gasteiger partial charge in [-0.1, -0.05) is 0 Å². The van der Waals surface area contributed by atoms with Crippen LogP contribution in [0.15, 0.2) is 23.0 Å². The lowest BCUT2D eigenvalue weighted by Gasteiger charge is -2.11. The number of benzene rings is 1. The zero-order valence-electron chi connectivity index (χ0n) is 11.9. The van der Waals surface area contributed by atoms with Gasteiger partial charge in [0.15, 0.2) is 0 Å². The maximum absolute atomic E-state index is 12.0. The van der Waals surface area contributed by atoms with Crippen LogP contribution in [0.25, 0.3) is 11.4 Å². The number of halogens is 1. The van der Waals surface area contributed by atoms with Gasteiger partial charge in [0, 0.05) is 7.11 Å². The fourth-order valence-corrected chi connectivity index (χ4v) is 2.28. The summed E-state index contributed by atoms with van der Waals surface area (Å²) in [5.74, 6) is 1.67. The Balaban J connectivity index is 2.63. The van der Waals surface area contributed by atoms with Crippen molar-refractivity contribution in [2.24, 2.45) is 0 Å². The highest BCUT2D eigenvalue weighted by molar-refractivity contribution is 14.1. The fourth-order valence-electron chi connectivity index (χ4n) is 1.86. The van der Waals surface area contributed by atoms with E-state index in [2.05, 4.69) is 9.97 Å². The normalized spacial score (nSPS) is 10.5. The van der Waals surface area contributed by atoms with Crippen molar-refractivity contribution in [3.05, 3.63) is 37.8 Å². The van der Waals surface area contributed by atoms with E-state index < -0.39 is 0 Å². The van der Waals surface area contributed by atoms with Gasteiger partial charge in [-0.25, -0.2) is 4.98 Å². The number of aromatic nitrogens is 2. The molecule has 0 aliphatic rings. The number of H-pyrrole nitrogens is 1. The molecule has 0 bridgehead atoms. The number of hydrogen-bond acceptors (Lipinski definition) is 5. The van der Waals surface area contributed by atoms with Crippen LogP contribution in [-0.2, 0) is 11.3 Å². The molecule has 7 heteroatoms. The van der Waals surface area contributed by atoms with E-state index in [1.807, 2.05) is 22.6 Å². The number of methoxy groups -OCH3 is 3. The summed E-state index contributed by atoms with van der Waals surface area (Å²) in [6.45, 7) is 0.265. The van der Waals surface area contributed by atoms with Crippen LogP contribution in [0.5, 0.6) is 11.5 Å². The molecule has 0 saturated heterocycles. The average Bonchev–Trinajstić information content (AvgIpc) is 2.51. The molecule has 0 atom stereocenters. The summed E-state index contributed by atoms with van der Waals surface area (Å²) in [5, 5.41) is 0. The van der Waals surface area contributed by atoms with Crippen molar-refractivity contribution >= 4 is 22.6 Å². The van der Waals surface area contributed by atoms with E-state index in [4.69, 9.17) is 14.2 Å². The summed E-state index contributed by atoms with van der Waals surface area (Å²) in [6.07, 6.45) is 0. The monoisotopic (exact) mass is 402 g/mol. The second-order valence-corrected chi connectivity index (χ2v) is 5.25. The number of ether oxygens (including phenoxy) is 3. The van der Waals surface area contributed by atoms with E-state index in [9.17, 15) is 4.79 Å². The number of aromatic amines is 1. The highest BCUT2D eigenvalue weighted by Crippen LogP contribution is 2.31. The first-order valence-corrected chi connectivity index (χ1v) is 7.18. The highest BCUT2D eigenvalue weighted by atomic mass is 127. The van der Waals surface area contributed by atoms with Gasteiger partial charge in [0.1, 0.15) is 20.9 Å². The molecule has 112 valence electrons. The third-order valence-electron chi connectivity index (χ3n) is 2.87. The zero-order chi connectivity index (χ0) is 15.4. The van der Waals surface area contributed by atoms with E-state index in [-0.39, 0.29) is 12.2 Å². The van der Waals surface area contributed by atoms with Gasteiger partial charge in [-0.3, -0.25) is 4.79 Å². The SMILES string of the molecule is COCc1nc(-c2cc(OC)ccc2OC)[nH]c(=O)c1I. The second-order valence-electron chi connectivity index (χ2n) is 4.17. The molecule has 1 N–H and O–H groups in total. The summed E-state index contributed by atoms with van der Waals surface area (Å²) >= 11 is 1.95. The van der Waals surface area contributed by atoms with Crippen molar-refractivity contribution in [2.45, 2.75) is 6.61 Å². The summed E-state index contributed by atoms with van der Waals surface area (Å²) in [5.41, 5.74) is 1.03. The number of nitrogens with zero attached hydrogens (tertiary/aromatic N) is 1. The molecule has 0 radical (unpaired) electrons. The molecule has 0 saturated carbocycles. The Kier molecular flexibility index (Phi) is 5.18. The molecule has 21 heavy (non-hydrogen) atoms. The molecule has 1 aromatic carbocycles. The molecule has 0 fully saturated rings.